The van der Waals surface area contributed by atoms with Gasteiger partial charge >= 0.3 is 12.1 Å². The Balaban J connectivity index is 2.78. The van der Waals surface area contributed by atoms with Crippen LogP contribution in [0.2, 0.25) is 0 Å². The van der Waals surface area contributed by atoms with Gasteiger partial charge in [-0.1, -0.05) is 0 Å². The molecule has 0 fully saturated rings. The van der Waals surface area contributed by atoms with E-state index in [1.165, 1.54) is 0 Å². The Morgan fingerprint density at radius 2 is 2.05 bits per heavy atom. The van der Waals surface area contributed by atoms with Crippen molar-refractivity contribution in [3.05, 3.63) is 29.2 Å². The van der Waals surface area contributed by atoms with Crippen molar-refractivity contribution in [2.24, 2.45) is 0 Å². The minimum Gasteiger partial charge on any atom is -0.477 e. The van der Waals surface area contributed by atoms with Crippen LogP contribution in [0, 0.1) is 0 Å². The molecule has 2 rings (SSSR count). The topological polar surface area (TPSA) is 87.7 Å². The van der Waals surface area contributed by atoms with Gasteiger partial charge in [0.1, 0.15) is 5.56 Å². The SMILES string of the molecule is O=C(O)c1cnn2c(C(F)(F)F)c(CCO)cnc12. The first-order valence-electron chi connectivity index (χ1n) is 5.13. The van der Waals surface area contributed by atoms with Crippen LogP contribution < -0.4 is 0 Å². The molecule has 102 valence electrons. The number of alkyl halides is 3. The highest BCUT2D eigenvalue weighted by Crippen LogP contribution is 2.32. The molecular weight excluding hydrogens is 267 g/mol. The largest absolute Gasteiger partial charge is 0.477 e. The van der Waals surface area contributed by atoms with Crippen LogP contribution in [0.5, 0.6) is 0 Å². The van der Waals surface area contributed by atoms with Crippen LogP contribution in [0.25, 0.3) is 5.65 Å². The van der Waals surface area contributed by atoms with Gasteiger partial charge in [0.15, 0.2) is 11.3 Å². The molecule has 0 bridgehead atoms. The van der Waals surface area contributed by atoms with Crippen LogP contribution in [-0.4, -0.2) is 37.4 Å². The minimum absolute atomic E-state index is 0.248. The molecule has 2 aromatic heterocycles. The number of fused-ring (bicyclic) bond motifs is 1. The Hall–Kier alpha value is -2.16. The quantitative estimate of drug-likeness (QED) is 0.871. The van der Waals surface area contributed by atoms with E-state index in [1.54, 1.807) is 0 Å². The molecule has 9 heteroatoms. The molecule has 2 heterocycles. The molecule has 0 aromatic carbocycles. The lowest BCUT2D eigenvalue weighted by Crippen LogP contribution is -2.18. The number of carboxylic acids is 1. The Bertz CT molecular complexity index is 636. The first-order chi connectivity index (χ1) is 8.86. The summed E-state index contributed by atoms with van der Waals surface area (Å²) in [6, 6.07) is 0. The van der Waals surface area contributed by atoms with E-state index in [4.69, 9.17) is 10.2 Å². The van der Waals surface area contributed by atoms with Gasteiger partial charge in [-0.3, -0.25) is 0 Å². The number of aliphatic hydroxyl groups excluding tert-OH is 1. The molecule has 2 aromatic rings. The second-order valence-electron chi connectivity index (χ2n) is 3.70. The van der Waals surface area contributed by atoms with Crippen LogP contribution in [0.3, 0.4) is 0 Å². The zero-order chi connectivity index (χ0) is 14.2. The number of carboxylic acid groups (broad SMARTS) is 1. The third kappa shape index (κ3) is 2.24. The van der Waals surface area contributed by atoms with Gasteiger partial charge in [0, 0.05) is 18.4 Å². The number of aromatic carboxylic acids is 1. The summed E-state index contributed by atoms with van der Waals surface area (Å²) < 4.78 is 39.4. The Morgan fingerprint density at radius 1 is 1.37 bits per heavy atom. The molecular formula is C10H8F3N3O3. The number of aromatic nitrogens is 3. The Kier molecular flexibility index (Phi) is 3.14. The number of rotatable bonds is 3. The summed E-state index contributed by atoms with van der Waals surface area (Å²) >= 11 is 0. The van der Waals surface area contributed by atoms with Crippen molar-refractivity contribution in [2.75, 3.05) is 6.61 Å². The lowest BCUT2D eigenvalue weighted by atomic mass is 10.1. The highest BCUT2D eigenvalue weighted by molar-refractivity contribution is 5.94. The molecule has 0 saturated heterocycles. The number of hydrogen-bond acceptors (Lipinski definition) is 4. The molecule has 0 spiro atoms. The summed E-state index contributed by atoms with van der Waals surface area (Å²) in [4.78, 5) is 14.5. The zero-order valence-corrected chi connectivity index (χ0v) is 9.35. The predicted octanol–water partition coefficient (Wildman–Crippen LogP) is 0.981. The number of halogens is 3. The number of hydrogen-bond donors (Lipinski definition) is 2. The molecule has 2 N–H and O–H groups in total. The van der Waals surface area contributed by atoms with Crippen molar-refractivity contribution in [1.29, 1.82) is 0 Å². The second kappa shape index (κ2) is 4.50. The van der Waals surface area contributed by atoms with Crippen molar-refractivity contribution in [1.82, 2.24) is 14.6 Å². The Morgan fingerprint density at radius 3 is 2.58 bits per heavy atom. The number of carbonyl (C=O) groups is 1. The maximum absolute atomic E-state index is 13.0. The van der Waals surface area contributed by atoms with Gasteiger partial charge in [-0.25, -0.2) is 14.3 Å². The normalized spacial score (nSPS) is 12.0. The summed E-state index contributed by atoms with van der Waals surface area (Å²) in [5, 5.41) is 21.0. The van der Waals surface area contributed by atoms with Gasteiger partial charge in [-0.15, -0.1) is 0 Å². The van der Waals surface area contributed by atoms with Crippen LogP contribution in [0.15, 0.2) is 12.4 Å². The molecule has 0 aliphatic heterocycles. The van der Waals surface area contributed by atoms with Gasteiger partial charge in [0.25, 0.3) is 0 Å². The first-order valence-corrected chi connectivity index (χ1v) is 5.13. The molecule has 0 unspecified atom stereocenters. The first kappa shape index (κ1) is 13.3. The second-order valence-corrected chi connectivity index (χ2v) is 3.70. The summed E-state index contributed by atoms with van der Waals surface area (Å²) in [6.07, 6.45) is -3.27. The third-order valence-electron chi connectivity index (χ3n) is 2.48. The third-order valence-corrected chi connectivity index (χ3v) is 2.48. The number of aliphatic hydroxyl groups is 1. The van der Waals surface area contributed by atoms with E-state index in [0.717, 1.165) is 12.4 Å². The fourth-order valence-corrected chi connectivity index (χ4v) is 1.72. The van der Waals surface area contributed by atoms with Crippen molar-refractivity contribution in [3.63, 3.8) is 0 Å². The van der Waals surface area contributed by atoms with Crippen molar-refractivity contribution in [2.45, 2.75) is 12.6 Å². The lowest BCUT2D eigenvalue weighted by molar-refractivity contribution is -0.143. The molecule has 0 radical (unpaired) electrons. The average molecular weight is 275 g/mol. The van der Waals surface area contributed by atoms with Crippen molar-refractivity contribution in [3.8, 4) is 0 Å². The highest BCUT2D eigenvalue weighted by atomic mass is 19.4. The zero-order valence-electron chi connectivity index (χ0n) is 9.35. The van der Waals surface area contributed by atoms with E-state index in [2.05, 4.69) is 10.1 Å². The lowest BCUT2D eigenvalue weighted by Gasteiger charge is -2.13. The fourth-order valence-electron chi connectivity index (χ4n) is 1.72. The molecule has 0 aliphatic rings. The van der Waals surface area contributed by atoms with E-state index < -0.39 is 30.0 Å². The Labute approximate surface area is 104 Å². The summed E-state index contributed by atoms with van der Waals surface area (Å²) in [5.41, 5.74) is -2.18. The molecule has 0 aliphatic carbocycles. The molecule has 19 heavy (non-hydrogen) atoms. The summed E-state index contributed by atoms with van der Waals surface area (Å²) in [5.74, 6) is -1.41. The van der Waals surface area contributed by atoms with Crippen LogP contribution in [0.4, 0.5) is 13.2 Å². The molecule has 0 amide bonds. The van der Waals surface area contributed by atoms with E-state index in [1.807, 2.05) is 0 Å². The van der Waals surface area contributed by atoms with E-state index in [0.29, 0.717) is 4.52 Å². The van der Waals surface area contributed by atoms with Crippen molar-refractivity contribution >= 4 is 11.6 Å². The van der Waals surface area contributed by atoms with E-state index >= 15 is 0 Å². The summed E-state index contributed by atoms with van der Waals surface area (Å²) in [6.45, 7) is -0.483. The maximum atomic E-state index is 13.0. The molecule has 6 nitrogen and oxygen atoms in total. The highest BCUT2D eigenvalue weighted by Gasteiger charge is 2.37. The number of nitrogens with zero attached hydrogens (tertiary/aromatic N) is 3. The maximum Gasteiger partial charge on any atom is 0.433 e. The smallest absolute Gasteiger partial charge is 0.433 e. The standard InChI is InChI=1S/C10H8F3N3O3/c11-10(12,13)7-5(1-2-17)3-14-8-6(9(18)19)4-15-16(7)8/h3-4,17H,1-2H2,(H,18,19). The van der Waals surface area contributed by atoms with Crippen LogP contribution in [0.1, 0.15) is 21.6 Å². The van der Waals surface area contributed by atoms with E-state index in [-0.39, 0.29) is 17.6 Å². The van der Waals surface area contributed by atoms with Crippen molar-refractivity contribution < 1.29 is 28.2 Å². The van der Waals surface area contributed by atoms with Gasteiger partial charge in [-0.05, 0) is 6.42 Å². The fraction of sp³-hybridized carbons (Fsp3) is 0.300. The van der Waals surface area contributed by atoms with Gasteiger partial charge in [0.05, 0.1) is 6.20 Å². The monoisotopic (exact) mass is 275 g/mol. The van der Waals surface area contributed by atoms with Crippen LogP contribution in [-0.2, 0) is 12.6 Å². The van der Waals surface area contributed by atoms with Crippen LogP contribution >= 0.6 is 0 Å². The molecule has 0 atom stereocenters. The predicted molar refractivity (Wildman–Crippen MR) is 55.7 cm³/mol. The summed E-state index contributed by atoms with van der Waals surface area (Å²) in [7, 11) is 0. The molecule has 0 saturated carbocycles. The van der Waals surface area contributed by atoms with Gasteiger partial charge in [-0.2, -0.15) is 18.3 Å². The van der Waals surface area contributed by atoms with Gasteiger partial charge < -0.3 is 10.2 Å². The van der Waals surface area contributed by atoms with Gasteiger partial charge in [0.2, 0.25) is 0 Å². The minimum atomic E-state index is -4.73. The average Bonchev–Trinajstić information content (AvgIpc) is 2.70. The van der Waals surface area contributed by atoms with E-state index in [9.17, 15) is 18.0 Å².